The predicted molar refractivity (Wildman–Crippen MR) is 51.3 cm³/mol. The molecule has 64 valence electrons. The molecular formula is C10H12ClN. The smallest absolute Gasteiger partial charge is 0.0409 e. The minimum Gasteiger partial charge on any atom is -0.326 e. The highest BCUT2D eigenvalue weighted by molar-refractivity contribution is 6.30. The number of rotatable bonds is 2. The van der Waals surface area contributed by atoms with E-state index >= 15 is 0 Å². The lowest BCUT2D eigenvalue weighted by Gasteiger charge is -2.05. The van der Waals surface area contributed by atoms with Gasteiger partial charge in [-0.25, -0.2) is 0 Å². The van der Waals surface area contributed by atoms with Gasteiger partial charge in [0.2, 0.25) is 0 Å². The van der Waals surface area contributed by atoms with Gasteiger partial charge in [-0.1, -0.05) is 17.7 Å². The van der Waals surface area contributed by atoms with Crippen LogP contribution in [0.15, 0.2) is 18.2 Å². The van der Waals surface area contributed by atoms with Gasteiger partial charge in [-0.3, -0.25) is 0 Å². The number of benzene rings is 1. The van der Waals surface area contributed by atoms with Crippen molar-refractivity contribution in [2.24, 2.45) is 5.73 Å². The van der Waals surface area contributed by atoms with Gasteiger partial charge in [0.1, 0.15) is 0 Å². The second-order valence-electron chi connectivity index (χ2n) is 3.32. The van der Waals surface area contributed by atoms with Crippen LogP contribution in [-0.4, -0.2) is 0 Å². The number of halogens is 1. The lowest BCUT2D eigenvalue weighted by atomic mass is 10.0. The lowest BCUT2D eigenvalue weighted by molar-refractivity contribution is 0.997. The molecule has 1 aliphatic rings. The van der Waals surface area contributed by atoms with E-state index in [1.54, 1.807) is 0 Å². The Bertz CT molecular complexity index is 292. The molecule has 0 saturated heterocycles. The van der Waals surface area contributed by atoms with E-state index in [1.165, 1.54) is 24.0 Å². The zero-order valence-corrected chi connectivity index (χ0v) is 7.64. The van der Waals surface area contributed by atoms with Crippen molar-refractivity contribution < 1.29 is 0 Å². The van der Waals surface area contributed by atoms with Crippen LogP contribution in [-0.2, 0) is 6.54 Å². The molecule has 2 N–H and O–H groups in total. The molecule has 0 bridgehead atoms. The van der Waals surface area contributed by atoms with Crippen LogP contribution in [0.3, 0.4) is 0 Å². The number of nitrogens with two attached hydrogens (primary N) is 1. The van der Waals surface area contributed by atoms with Crippen LogP contribution >= 0.6 is 11.6 Å². The van der Waals surface area contributed by atoms with Crippen molar-refractivity contribution in [2.75, 3.05) is 0 Å². The molecule has 0 radical (unpaired) electrons. The summed E-state index contributed by atoms with van der Waals surface area (Å²) in [4.78, 5) is 0. The first-order valence-electron chi connectivity index (χ1n) is 4.29. The van der Waals surface area contributed by atoms with Crippen molar-refractivity contribution in [3.05, 3.63) is 34.3 Å². The van der Waals surface area contributed by atoms with E-state index < -0.39 is 0 Å². The zero-order chi connectivity index (χ0) is 8.55. The summed E-state index contributed by atoms with van der Waals surface area (Å²) >= 11 is 5.87. The predicted octanol–water partition coefficient (Wildman–Crippen LogP) is 2.68. The van der Waals surface area contributed by atoms with Crippen molar-refractivity contribution in [3.63, 3.8) is 0 Å². The van der Waals surface area contributed by atoms with Crippen molar-refractivity contribution >= 4 is 11.6 Å². The van der Waals surface area contributed by atoms with E-state index in [2.05, 4.69) is 6.07 Å². The Kier molecular flexibility index (Phi) is 2.07. The second-order valence-corrected chi connectivity index (χ2v) is 3.76. The fraction of sp³-hybridized carbons (Fsp3) is 0.400. The quantitative estimate of drug-likeness (QED) is 0.746. The van der Waals surface area contributed by atoms with Gasteiger partial charge in [0.25, 0.3) is 0 Å². The van der Waals surface area contributed by atoms with E-state index in [1.807, 2.05) is 12.1 Å². The van der Waals surface area contributed by atoms with E-state index in [0.717, 1.165) is 10.9 Å². The summed E-state index contributed by atoms with van der Waals surface area (Å²) in [6, 6.07) is 6.05. The van der Waals surface area contributed by atoms with Crippen LogP contribution in [0, 0.1) is 0 Å². The average Bonchev–Trinajstić information content (AvgIpc) is 2.87. The standard InChI is InChI=1S/C10H12ClN/c11-9-3-4-10(7-1-2-7)8(5-9)6-12/h3-5,7H,1-2,6,12H2. The van der Waals surface area contributed by atoms with Gasteiger partial charge in [0.15, 0.2) is 0 Å². The molecule has 0 heterocycles. The van der Waals surface area contributed by atoms with Gasteiger partial charge in [0.05, 0.1) is 0 Å². The van der Waals surface area contributed by atoms with Crippen LogP contribution in [0.5, 0.6) is 0 Å². The Labute approximate surface area is 77.5 Å². The summed E-state index contributed by atoms with van der Waals surface area (Å²) in [7, 11) is 0. The first-order chi connectivity index (χ1) is 5.81. The molecular weight excluding hydrogens is 170 g/mol. The Hall–Kier alpha value is -0.530. The average molecular weight is 182 g/mol. The summed E-state index contributed by atoms with van der Waals surface area (Å²) in [5, 5.41) is 0.792. The fourth-order valence-electron chi connectivity index (χ4n) is 1.54. The van der Waals surface area contributed by atoms with Crippen LogP contribution < -0.4 is 5.73 Å². The maximum absolute atomic E-state index is 5.87. The summed E-state index contributed by atoms with van der Waals surface area (Å²) < 4.78 is 0. The van der Waals surface area contributed by atoms with E-state index in [-0.39, 0.29) is 0 Å². The van der Waals surface area contributed by atoms with Crippen LogP contribution in [0.1, 0.15) is 29.9 Å². The first-order valence-corrected chi connectivity index (χ1v) is 4.67. The molecule has 2 rings (SSSR count). The first kappa shape index (κ1) is 8.09. The largest absolute Gasteiger partial charge is 0.326 e. The summed E-state index contributed by atoms with van der Waals surface area (Å²) in [6.07, 6.45) is 2.63. The normalized spacial score (nSPS) is 16.5. The maximum Gasteiger partial charge on any atom is 0.0409 e. The lowest BCUT2D eigenvalue weighted by Crippen LogP contribution is -2.00. The molecule has 1 fully saturated rings. The third-order valence-electron chi connectivity index (χ3n) is 2.34. The van der Waals surface area contributed by atoms with Gasteiger partial charge < -0.3 is 5.73 Å². The molecule has 1 aromatic rings. The van der Waals surface area contributed by atoms with Gasteiger partial charge in [0, 0.05) is 11.6 Å². The molecule has 0 unspecified atom stereocenters. The van der Waals surface area contributed by atoms with Crippen molar-refractivity contribution in [1.82, 2.24) is 0 Å². The molecule has 0 atom stereocenters. The molecule has 0 amide bonds. The third kappa shape index (κ3) is 1.47. The minimum atomic E-state index is 0.604. The minimum absolute atomic E-state index is 0.604. The summed E-state index contributed by atoms with van der Waals surface area (Å²) in [5.41, 5.74) is 8.24. The summed E-state index contributed by atoms with van der Waals surface area (Å²) in [5.74, 6) is 0.765. The number of hydrogen-bond acceptors (Lipinski definition) is 1. The molecule has 1 aliphatic carbocycles. The van der Waals surface area contributed by atoms with Crippen molar-refractivity contribution in [1.29, 1.82) is 0 Å². The molecule has 0 aromatic heterocycles. The summed E-state index contributed by atoms with van der Waals surface area (Å²) in [6.45, 7) is 0.604. The molecule has 1 aromatic carbocycles. The topological polar surface area (TPSA) is 26.0 Å². The highest BCUT2D eigenvalue weighted by atomic mass is 35.5. The Balaban J connectivity index is 2.38. The van der Waals surface area contributed by atoms with Crippen LogP contribution in [0.25, 0.3) is 0 Å². The third-order valence-corrected chi connectivity index (χ3v) is 2.58. The van der Waals surface area contributed by atoms with Crippen molar-refractivity contribution in [3.8, 4) is 0 Å². The number of hydrogen-bond donors (Lipinski definition) is 1. The maximum atomic E-state index is 5.87. The molecule has 12 heavy (non-hydrogen) atoms. The molecule has 1 nitrogen and oxygen atoms in total. The zero-order valence-electron chi connectivity index (χ0n) is 6.89. The Morgan fingerprint density at radius 2 is 2.17 bits per heavy atom. The van der Waals surface area contributed by atoms with Gasteiger partial charge >= 0.3 is 0 Å². The SMILES string of the molecule is NCc1cc(Cl)ccc1C1CC1. The van der Waals surface area contributed by atoms with E-state index in [0.29, 0.717) is 6.54 Å². The van der Waals surface area contributed by atoms with Gasteiger partial charge in [-0.05, 0) is 42.0 Å². The van der Waals surface area contributed by atoms with Crippen molar-refractivity contribution in [2.45, 2.75) is 25.3 Å². The molecule has 2 heteroatoms. The fourth-order valence-corrected chi connectivity index (χ4v) is 1.74. The van der Waals surface area contributed by atoms with E-state index in [4.69, 9.17) is 17.3 Å². The van der Waals surface area contributed by atoms with Gasteiger partial charge in [-0.2, -0.15) is 0 Å². The Morgan fingerprint density at radius 3 is 2.75 bits per heavy atom. The highest BCUT2D eigenvalue weighted by Gasteiger charge is 2.25. The molecule has 0 spiro atoms. The van der Waals surface area contributed by atoms with Crippen LogP contribution in [0.4, 0.5) is 0 Å². The van der Waals surface area contributed by atoms with E-state index in [9.17, 15) is 0 Å². The second kappa shape index (κ2) is 3.08. The monoisotopic (exact) mass is 181 g/mol. The molecule has 1 saturated carbocycles. The Morgan fingerprint density at radius 1 is 1.42 bits per heavy atom. The highest BCUT2D eigenvalue weighted by Crippen LogP contribution is 2.42. The van der Waals surface area contributed by atoms with Crippen LogP contribution in [0.2, 0.25) is 5.02 Å². The molecule has 0 aliphatic heterocycles. The van der Waals surface area contributed by atoms with Gasteiger partial charge in [-0.15, -0.1) is 0 Å².